The number of aromatic carboxylic acids is 1. The van der Waals surface area contributed by atoms with Gasteiger partial charge in [-0.3, -0.25) is 4.90 Å². The molecule has 11 heteroatoms. The molecule has 2 atom stereocenters. The summed E-state index contributed by atoms with van der Waals surface area (Å²) >= 11 is 0. The number of benzene rings is 1. The Balaban J connectivity index is 1.47. The van der Waals surface area contributed by atoms with Gasteiger partial charge in [-0.15, -0.1) is 0 Å². The van der Waals surface area contributed by atoms with Gasteiger partial charge in [0.15, 0.2) is 5.69 Å². The van der Waals surface area contributed by atoms with Gasteiger partial charge in [-0.2, -0.15) is 23.0 Å². The summed E-state index contributed by atoms with van der Waals surface area (Å²) < 4.78 is 41.3. The van der Waals surface area contributed by atoms with Gasteiger partial charge in [-0.25, -0.2) is 9.59 Å². The zero-order valence-corrected chi connectivity index (χ0v) is 19.1. The molecule has 1 amide bonds. The Kier molecular flexibility index (Phi) is 6.57. The average Bonchev–Trinajstić information content (AvgIpc) is 3.41. The molecule has 0 aliphatic carbocycles. The number of carboxylic acid groups (broad SMARTS) is 1. The lowest BCUT2D eigenvalue weighted by Crippen LogP contribution is -2.49. The first-order valence-electron chi connectivity index (χ1n) is 11.3. The number of halogens is 3. The molecule has 2 aliphatic heterocycles. The van der Waals surface area contributed by atoms with Gasteiger partial charge < -0.3 is 14.9 Å². The number of hydrogen-bond donors (Lipinski definition) is 1. The smallest absolute Gasteiger partial charge is 0.416 e. The van der Waals surface area contributed by atoms with Crippen LogP contribution >= 0.6 is 0 Å². The Morgan fingerprint density at radius 2 is 1.71 bits per heavy atom. The Bertz CT molecular complexity index is 1050. The second kappa shape index (κ2) is 9.28. The first-order chi connectivity index (χ1) is 16.0. The molecule has 0 bridgehead atoms. The molecule has 184 valence electrons. The highest BCUT2D eigenvalue weighted by Crippen LogP contribution is 2.38. The van der Waals surface area contributed by atoms with Crippen LogP contribution in [0.3, 0.4) is 0 Å². The minimum atomic E-state index is -4.40. The Hall–Kier alpha value is -3.08. The number of hydrogen-bond acceptors (Lipinski definition) is 5. The maximum Gasteiger partial charge on any atom is 0.416 e. The van der Waals surface area contributed by atoms with E-state index in [4.69, 9.17) is 5.11 Å². The fourth-order valence-corrected chi connectivity index (χ4v) is 4.81. The second-order valence-corrected chi connectivity index (χ2v) is 9.02. The maximum absolute atomic E-state index is 13.4. The molecule has 2 aromatic rings. The van der Waals surface area contributed by atoms with Gasteiger partial charge in [-0.05, 0) is 50.5 Å². The van der Waals surface area contributed by atoms with Crippen molar-refractivity contribution >= 4 is 17.7 Å². The minimum absolute atomic E-state index is 0.163. The summed E-state index contributed by atoms with van der Waals surface area (Å²) in [6, 6.07) is 5.18. The number of amides is 1. The van der Waals surface area contributed by atoms with Crippen molar-refractivity contribution in [3.8, 4) is 0 Å². The summed E-state index contributed by atoms with van der Waals surface area (Å²) in [6.45, 7) is 6.48. The summed E-state index contributed by atoms with van der Waals surface area (Å²) in [5.74, 6) is -1.20. The number of anilines is 1. The number of nitrogens with zero attached hydrogens (tertiary/aromatic N) is 5. The highest BCUT2D eigenvalue weighted by Gasteiger charge is 2.35. The lowest BCUT2D eigenvalue weighted by molar-refractivity contribution is -0.137. The molecule has 0 unspecified atom stereocenters. The van der Waals surface area contributed by atoms with Crippen LogP contribution in [0, 0.1) is 0 Å². The SMILES string of the molecule is C[C@@H]1CC[C@@H](C)N1c1cc(C(F)(F)F)ccc1CN1CCN(C(=O)n2ccc(C(=O)O)n2)CC1. The van der Waals surface area contributed by atoms with E-state index in [0.717, 1.165) is 29.2 Å². The topological polar surface area (TPSA) is 81.9 Å². The Morgan fingerprint density at radius 3 is 2.26 bits per heavy atom. The van der Waals surface area contributed by atoms with E-state index in [1.54, 1.807) is 11.0 Å². The summed E-state index contributed by atoms with van der Waals surface area (Å²) in [4.78, 5) is 29.4. The lowest BCUT2D eigenvalue weighted by atomic mass is 10.0. The molecule has 1 N–H and O–H groups in total. The molecule has 3 heterocycles. The van der Waals surface area contributed by atoms with E-state index >= 15 is 0 Å². The van der Waals surface area contributed by atoms with E-state index in [9.17, 15) is 22.8 Å². The molecule has 8 nitrogen and oxygen atoms in total. The molecule has 1 aromatic heterocycles. The number of piperazine rings is 1. The van der Waals surface area contributed by atoms with Gasteiger partial charge in [-0.1, -0.05) is 6.07 Å². The first kappa shape index (κ1) is 24.1. The molecule has 2 fully saturated rings. The largest absolute Gasteiger partial charge is 0.476 e. The fraction of sp³-hybridized carbons (Fsp3) is 0.522. The van der Waals surface area contributed by atoms with E-state index in [0.29, 0.717) is 38.4 Å². The molecule has 1 aromatic carbocycles. The number of alkyl halides is 3. The van der Waals surface area contributed by atoms with Gasteiger partial charge in [0.05, 0.1) is 5.56 Å². The van der Waals surface area contributed by atoms with Crippen LogP contribution < -0.4 is 4.90 Å². The minimum Gasteiger partial charge on any atom is -0.476 e. The van der Waals surface area contributed by atoms with Crippen LogP contribution in [-0.4, -0.2) is 74.9 Å². The third kappa shape index (κ3) is 4.89. The van der Waals surface area contributed by atoms with Crippen LogP contribution in [0.4, 0.5) is 23.7 Å². The first-order valence-corrected chi connectivity index (χ1v) is 11.3. The number of carboxylic acids is 1. The van der Waals surface area contributed by atoms with E-state index in [-0.39, 0.29) is 17.8 Å². The monoisotopic (exact) mass is 479 g/mol. The quantitative estimate of drug-likeness (QED) is 0.719. The molecular weight excluding hydrogens is 451 g/mol. The van der Waals surface area contributed by atoms with Crippen molar-refractivity contribution in [1.82, 2.24) is 19.6 Å². The van der Waals surface area contributed by atoms with Crippen molar-refractivity contribution < 1.29 is 27.9 Å². The van der Waals surface area contributed by atoms with E-state index < -0.39 is 23.7 Å². The van der Waals surface area contributed by atoms with Gasteiger partial charge in [0, 0.05) is 56.7 Å². The number of rotatable bonds is 4. The van der Waals surface area contributed by atoms with Gasteiger partial charge in [0.2, 0.25) is 0 Å². The molecule has 2 saturated heterocycles. The second-order valence-electron chi connectivity index (χ2n) is 9.02. The number of aromatic nitrogens is 2. The summed E-state index contributed by atoms with van der Waals surface area (Å²) in [7, 11) is 0. The number of carbonyl (C=O) groups excluding carboxylic acids is 1. The van der Waals surface area contributed by atoms with Crippen LogP contribution in [-0.2, 0) is 12.7 Å². The van der Waals surface area contributed by atoms with Crippen molar-refractivity contribution in [2.75, 3.05) is 31.1 Å². The number of carbonyl (C=O) groups is 2. The third-order valence-electron chi connectivity index (χ3n) is 6.68. The summed E-state index contributed by atoms with van der Waals surface area (Å²) in [6.07, 6.45) is -1.20. The van der Waals surface area contributed by atoms with E-state index in [1.807, 2.05) is 13.8 Å². The summed E-state index contributed by atoms with van der Waals surface area (Å²) in [5.41, 5.74) is 0.621. The van der Waals surface area contributed by atoms with Crippen LogP contribution in [0.25, 0.3) is 0 Å². The van der Waals surface area contributed by atoms with Gasteiger partial charge >= 0.3 is 18.2 Å². The van der Waals surface area contributed by atoms with Crippen molar-refractivity contribution in [3.63, 3.8) is 0 Å². The highest BCUT2D eigenvalue weighted by molar-refractivity contribution is 5.86. The maximum atomic E-state index is 13.4. The molecule has 4 rings (SSSR count). The van der Waals surface area contributed by atoms with E-state index in [1.165, 1.54) is 18.3 Å². The zero-order valence-electron chi connectivity index (χ0n) is 19.1. The highest BCUT2D eigenvalue weighted by atomic mass is 19.4. The van der Waals surface area contributed by atoms with Gasteiger partial charge in [0.1, 0.15) is 0 Å². The summed E-state index contributed by atoms with van der Waals surface area (Å²) in [5, 5.41) is 12.8. The standard InChI is InChI=1S/C23H28F3N5O3/c1-15-3-4-16(2)31(15)20-13-18(23(24,25)26)6-5-17(20)14-28-9-11-29(12-10-28)22(34)30-8-7-19(27-30)21(32)33/h5-8,13,15-16H,3-4,9-12,14H2,1-2H3,(H,32,33)/t15-,16-/m1/s1. The van der Waals surface area contributed by atoms with Crippen LogP contribution in [0.5, 0.6) is 0 Å². The van der Waals surface area contributed by atoms with Crippen molar-refractivity contribution in [2.45, 2.75) is 51.5 Å². The Morgan fingerprint density at radius 1 is 1.06 bits per heavy atom. The van der Waals surface area contributed by atoms with Crippen LogP contribution in [0.2, 0.25) is 0 Å². The molecule has 2 aliphatic rings. The Labute approximate surface area is 195 Å². The van der Waals surface area contributed by atoms with Gasteiger partial charge in [0.25, 0.3) is 0 Å². The predicted octanol–water partition coefficient (Wildman–Crippen LogP) is 3.76. The average molecular weight is 480 g/mol. The molecular formula is C23H28F3N5O3. The molecule has 0 radical (unpaired) electrons. The van der Waals surface area contributed by atoms with Crippen LogP contribution in [0.15, 0.2) is 30.5 Å². The normalized spacial score (nSPS) is 21.8. The molecule has 0 spiro atoms. The fourth-order valence-electron chi connectivity index (χ4n) is 4.81. The van der Waals surface area contributed by atoms with E-state index in [2.05, 4.69) is 14.9 Å². The lowest BCUT2D eigenvalue weighted by Gasteiger charge is -2.36. The van der Waals surface area contributed by atoms with Crippen molar-refractivity contribution in [2.24, 2.45) is 0 Å². The van der Waals surface area contributed by atoms with Crippen LogP contribution in [0.1, 0.15) is 48.3 Å². The zero-order chi connectivity index (χ0) is 24.6. The molecule has 34 heavy (non-hydrogen) atoms. The van der Waals surface area contributed by atoms with Crippen molar-refractivity contribution in [3.05, 3.63) is 47.3 Å². The predicted molar refractivity (Wildman–Crippen MR) is 119 cm³/mol. The molecule has 0 saturated carbocycles. The van der Waals surface area contributed by atoms with Crippen molar-refractivity contribution in [1.29, 1.82) is 0 Å². The third-order valence-corrected chi connectivity index (χ3v) is 6.68.